The van der Waals surface area contributed by atoms with Crippen LogP contribution in [0.3, 0.4) is 0 Å². The number of carbonyl (C=O) groups excluding carboxylic acids is 1. The van der Waals surface area contributed by atoms with Gasteiger partial charge in [-0.15, -0.1) is 0 Å². The van der Waals surface area contributed by atoms with Crippen molar-refractivity contribution < 1.29 is 14.3 Å². The Morgan fingerprint density at radius 3 is 2.29 bits per heavy atom. The topological polar surface area (TPSA) is 35.5 Å². The number of aryl methyl sites for hydroxylation is 1. The van der Waals surface area contributed by atoms with Crippen molar-refractivity contribution in [1.29, 1.82) is 0 Å². The Balaban J connectivity index is 1.94. The predicted molar refractivity (Wildman–Crippen MR) is 96.7 cm³/mol. The predicted octanol–water partition coefficient (Wildman–Crippen LogP) is 4.92. The monoisotopic (exact) mass is 326 g/mol. The van der Waals surface area contributed by atoms with Crippen LogP contribution in [0.25, 0.3) is 0 Å². The van der Waals surface area contributed by atoms with Crippen LogP contribution in [-0.4, -0.2) is 12.6 Å². The Morgan fingerprint density at radius 1 is 1.00 bits per heavy atom. The van der Waals surface area contributed by atoms with Crippen LogP contribution in [0.2, 0.25) is 0 Å². The summed E-state index contributed by atoms with van der Waals surface area (Å²) in [5.74, 6) is 0.870. The number of hydrogen-bond donors (Lipinski definition) is 0. The minimum Gasteiger partial charge on any atom is -0.482 e. The molecule has 0 amide bonds. The quantitative estimate of drug-likeness (QED) is 0.558. The summed E-state index contributed by atoms with van der Waals surface area (Å²) in [4.78, 5) is 12.0. The van der Waals surface area contributed by atoms with E-state index in [2.05, 4.69) is 27.7 Å². The molecular formula is C21H26O3. The van der Waals surface area contributed by atoms with E-state index in [1.54, 1.807) is 0 Å². The number of carbonyl (C=O) groups is 1. The van der Waals surface area contributed by atoms with Crippen LogP contribution < -0.4 is 9.47 Å². The van der Waals surface area contributed by atoms with Gasteiger partial charge in [-0.1, -0.05) is 64.4 Å². The molecule has 0 unspecified atom stereocenters. The molecule has 0 aliphatic heterocycles. The lowest BCUT2D eigenvalue weighted by Gasteiger charge is -2.22. The maximum atomic E-state index is 12.0. The summed E-state index contributed by atoms with van der Waals surface area (Å²) in [6, 6.07) is 15.4. The second-order valence-corrected chi connectivity index (χ2v) is 6.90. The molecule has 2 aromatic rings. The van der Waals surface area contributed by atoms with Gasteiger partial charge in [-0.05, 0) is 41.2 Å². The van der Waals surface area contributed by atoms with Crippen molar-refractivity contribution in [3.63, 3.8) is 0 Å². The molecule has 0 saturated carbocycles. The maximum absolute atomic E-state index is 12.0. The zero-order valence-corrected chi connectivity index (χ0v) is 15.0. The maximum Gasteiger partial charge on any atom is 0.349 e. The molecule has 3 nitrogen and oxygen atoms in total. The average Bonchev–Trinajstić information content (AvgIpc) is 2.54. The van der Waals surface area contributed by atoms with Gasteiger partial charge >= 0.3 is 5.97 Å². The fourth-order valence-corrected chi connectivity index (χ4v) is 2.52. The molecule has 2 rings (SSSR count). The zero-order chi connectivity index (χ0) is 17.6. The van der Waals surface area contributed by atoms with Gasteiger partial charge < -0.3 is 9.47 Å². The van der Waals surface area contributed by atoms with Crippen LogP contribution in [0.5, 0.6) is 11.5 Å². The number of hydrogen-bond acceptors (Lipinski definition) is 3. The first kappa shape index (κ1) is 18.1. The number of rotatable bonds is 6. The summed E-state index contributed by atoms with van der Waals surface area (Å²) < 4.78 is 11.0. The smallest absolute Gasteiger partial charge is 0.349 e. The third-order valence-corrected chi connectivity index (χ3v) is 3.73. The van der Waals surface area contributed by atoms with Crippen LogP contribution in [0.15, 0.2) is 48.5 Å². The molecule has 0 atom stereocenters. The highest BCUT2D eigenvalue weighted by Crippen LogP contribution is 2.30. The van der Waals surface area contributed by atoms with E-state index in [0.717, 1.165) is 24.2 Å². The number of benzene rings is 2. The van der Waals surface area contributed by atoms with E-state index in [9.17, 15) is 4.79 Å². The van der Waals surface area contributed by atoms with E-state index in [4.69, 9.17) is 9.47 Å². The van der Waals surface area contributed by atoms with E-state index in [0.29, 0.717) is 5.75 Å². The first-order valence-corrected chi connectivity index (χ1v) is 8.42. The molecule has 3 heteroatoms. The minimum atomic E-state index is -0.401. The summed E-state index contributed by atoms with van der Waals surface area (Å²) >= 11 is 0. The van der Waals surface area contributed by atoms with Crippen molar-refractivity contribution >= 4 is 5.97 Å². The van der Waals surface area contributed by atoms with Crippen molar-refractivity contribution in [2.75, 3.05) is 6.61 Å². The highest BCUT2D eigenvalue weighted by atomic mass is 16.6. The first-order chi connectivity index (χ1) is 11.4. The van der Waals surface area contributed by atoms with Gasteiger partial charge in [-0.2, -0.15) is 0 Å². The molecule has 0 radical (unpaired) electrons. The third kappa shape index (κ3) is 5.12. The largest absolute Gasteiger partial charge is 0.482 e. The molecular weight excluding hydrogens is 300 g/mol. The van der Waals surface area contributed by atoms with Gasteiger partial charge in [-0.3, -0.25) is 0 Å². The van der Waals surface area contributed by atoms with Gasteiger partial charge in [0, 0.05) is 0 Å². The summed E-state index contributed by atoms with van der Waals surface area (Å²) in [6.45, 7) is 8.38. The van der Waals surface area contributed by atoms with Crippen molar-refractivity contribution in [2.24, 2.45) is 0 Å². The second-order valence-electron chi connectivity index (χ2n) is 6.90. The lowest BCUT2D eigenvalue weighted by Crippen LogP contribution is -2.20. The van der Waals surface area contributed by atoms with E-state index in [1.807, 2.05) is 48.5 Å². The van der Waals surface area contributed by atoms with Crippen molar-refractivity contribution in [3.8, 4) is 11.5 Å². The molecule has 0 fully saturated rings. The molecule has 0 aliphatic carbocycles. The molecule has 0 spiro atoms. The Morgan fingerprint density at radius 2 is 1.67 bits per heavy atom. The summed E-state index contributed by atoms with van der Waals surface area (Å²) in [7, 11) is 0. The van der Waals surface area contributed by atoms with Crippen LogP contribution >= 0.6 is 0 Å². The summed E-state index contributed by atoms with van der Waals surface area (Å²) in [5, 5.41) is 0. The van der Waals surface area contributed by atoms with Crippen molar-refractivity contribution in [1.82, 2.24) is 0 Å². The Labute approximate surface area is 144 Å². The highest BCUT2D eigenvalue weighted by molar-refractivity contribution is 5.74. The van der Waals surface area contributed by atoms with Gasteiger partial charge in [-0.25, -0.2) is 4.79 Å². The first-order valence-electron chi connectivity index (χ1n) is 8.42. The SMILES string of the molecule is CCCc1ccc(OC(=O)COc2ccccc2C(C)(C)C)cc1. The van der Waals surface area contributed by atoms with Gasteiger partial charge in [0.15, 0.2) is 6.61 Å². The number of para-hydroxylation sites is 1. The summed E-state index contributed by atoms with van der Waals surface area (Å²) in [6.07, 6.45) is 2.13. The number of ether oxygens (including phenoxy) is 2. The van der Waals surface area contributed by atoms with E-state index >= 15 is 0 Å². The summed E-state index contributed by atoms with van der Waals surface area (Å²) in [5.41, 5.74) is 2.27. The number of esters is 1. The standard InChI is InChI=1S/C21H26O3/c1-5-8-16-11-13-17(14-12-16)24-20(22)15-23-19-10-7-6-9-18(19)21(2,3)4/h6-7,9-14H,5,8,15H2,1-4H3. The third-order valence-electron chi connectivity index (χ3n) is 3.73. The van der Waals surface area contributed by atoms with Crippen LogP contribution in [-0.2, 0) is 16.6 Å². The lowest BCUT2D eigenvalue weighted by atomic mass is 9.86. The Hall–Kier alpha value is -2.29. The van der Waals surface area contributed by atoms with Crippen LogP contribution in [0.4, 0.5) is 0 Å². The Bertz CT molecular complexity index is 666. The fourth-order valence-electron chi connectivity index (χ4n) is 2.52. The van der Waals surface area contributed by atoms with E-state index < -0.39 is 5.97 Å². The van der Waals surface area contributed by atoms with Gasteiger partial charge in [0.25, 0.3) is 0 Å². The molecule has 0 aromatic heterocycles. The molecule has 0 N–H and O–H groups in total. The molecule has 0 bridgehead atoms. The van der Waals surface area contributed by atoms with Crippen LogP contribution in [0, 0.1) is 0 Å². The highest BCUT2D eigenvalue weighted by Gasteiger charge is 2.19. The van der Waals surface area contributed by atoms with E-state index in [1.165, 1.54) is 5.56 Å². The second kappa shape index (κ2) is 8.00. The molecule has 24 heavy (non-hydrogen) atoms. The van der Waals surface area contributed by atoms with Crippen molar-refractivity contribution in [2.45, 2.75) is 46.0 Å². The molecule has 0 heterocycles. The molecule has 128 valence electrons. The molecule has 0 saturated heterocycles. The average molecular weight is 326 g/mol. The fraction of sp³-hybridized carbons (Fsp3) is 0.381. The minimum absolute atomic E-state index is 0.0460. The van der Waals surface area contributed by atoms with Gasteiger partial charge in [0.05, 0.1) is 0 Å². The van der Waals surface area contributed by atoms with Crippen molar-refractivity contribution in [3.05, 3.63) is 59.7 Å². The van der Waals surface area contributed by atoms with E-state index in [-0.39, 0.29) is 12.0 Å². The normalized spacial score (nSPS) is 11.2. The lowest BCUT2D eigenvalue weighted by molar-refractivity contribution is -0.136. The zero-order valence-electron chi connectivity index (χ0n) is 15.0. The van der Waals surface area contributed by atoms with Gasteiger partial charge in [0.1, 0.15) is 11.5 Å². The van der Waals surface area contributed by atoms with Crippen LogP contribution in [0.1, 0.15) is 45.2 Å². The molecule has 2 aromatic carbocycles. The Kier molecular flexibility index (Phi) is 6.02. The molecule has 0 aliphatic rings. The van der Waals surface area contributed by atoms with Gasteiger partial charge in [0.2, 0.25) is 0 Å².